The number of carbonyl (C=O) groups is 1. The fourth-order valence-electron chi connectivity index (χ4n) is 4.36. The number of anilines is 2. The molecule has 2 saturated heterocycles. The lowest BCUT2D eigenvalue weighted by Crippen LogP contribution is -2.48. The number of nitrogens with one attached hydrogen (secondary N) is 1. The third kappa shape index (κ3) is 5.83. The van der Waals surface area contributed by atoms with Crippen molar-refractivity contribution in [3.8, 4) is 0 Å². The van der Waals surface area contributed by atoms with E-state index in [1.165, 1.54) is 34.6 Å². The number of hydrogen-bond acceptors (Lipinski definition) is 6. The smallest absolute Gasteiger partial charge is 0.378 e. The van der Waals surface area contributed by atoms with Gasteiger partial charge in [-0.3, -0.25) is 4.79 Å². The molecule has 0 aliphatic carbocycles. The van der Waals surface area contributed by atoms with Gasteiger partial charge in [-0.05, 0) is 50.2 Å². The Labute approximate surface area is 208 Å². The van der Waals surface area contributed by atoms with Crippen LogP contribution >= 0.6 is 0 Å². The van der Waals surface area contributed by atoms with Crippen LogP contribution in [0.2, 0.25) is 0 Å². The van der Waals surface area contributed by atoms with Crippen molar-refractivity contribution >= 4 is 27.3 Å². The van der Waals surface area contributed by atoms with Crippen molar-refractivity contribution < 1.29 is 35.9 Å². The van der Waals surface area contributed by atoms with Gasteiger partial charge < -0.3 is 19.7 Å². The Hall–Kier alpha value is -2.67. The van der Waals surface area contributed by atoms with Crippen LogP contribution in [0.15, 0.2) is 47.4 Å². The maximum atomic E-state index is 13.4. The van der Waals surface area contributed by atoms with Crippen molar-refractivity contribution in [1.29, 1.82) is 0 Å². The van der Waals surface area contributed by atoms with E-state index in [0.717, 1.165) is 12.1 Å². The summed E-state index contributed by atoms with van der Waals surface area (Å²) < 4.78 is 78.9. The van der Waals surface area contributed by atoms with Gasteiger partial charge in [-0.25, -0.2) is 8.42 Å². The number of rotatable bonds is 5. The van der Waals surface area contributed by atoms with Crippen molar-refractivity contribution in [1.82, 2.24) is 4.31 Å². The lowest BCUT2D eigenvalue weighted by atomic mass is 10.1. The van der Waals surface area contributed by atoms with E-state index in [-0.39, 0.29) is 41.4 Å². The van der Waals surface area contributed by atoms with E-state index >= 15 is 0 Å². The zero-order valence-corrected chi connectivity index (χ0v) is 20.7. The first-order valence-corrected chi connectivity index (χ1v) is 13.0. The van der Waals surface area contributed by atoms with Crippen LogP contribution in [0.25, 0.3) is 0 Å². The molecule has 0 spiro atoms. The SMILES string of the molecule is CC1CN(S(=O)(=O)c2cccc(C(=O)Nc3cc(C(F)(F)F)ccc3N3CCOCC3)c2)CC(C)O1. The summed E-state index contributed by atoms with van der Waals surface area (Å²) in [5.41, 5.74) is -0.474. The average molecular weight is 528 g/mol. The Bertz CT molecular complexity index is 1210. The minimum Gasteiger partial charge on any atom is -0.378 e. The van der Waals surface area contributed by atoms with E-state index in [9.17, 15) is 26.4 Å². The van der Waals surface area contributed by atoms with Crippen LogP contribution in [0.1, 0.15) is 29.8 Å². The second-order valence-corrected chi connectivity index (χ2v) is 10.8. The highest BCUT2D eigenvalue weighted by atomic mass is 32.2. The van der Waals surface area contributed by atoms with E-state index in [2.05, 4.69) is 5.32 Å². The number of nitrogens with zero attached hydrogens (tertiary/aromatic N) is 2. The molecule has 1 amide bonds. The monoisotopic (exact) mass is 527 g/mol. The summed E-state index contributed by atoms with van der Waals surface area (Å²) in [6, 6.07) is 8.66. The van der Waals surface area contributed by atoms with E-state index < -0.39 is 27.7 Å². The van der Waals surface area contributed by atoms with Gasteiger partial charge in [0.25, 0.3) is 5.91 Å². The van der Waals surface area contributed by atoms with Gasteiger partial charge in [0.15, 0.2) is 0 Å². The van der Waals surface area contributed by atoms with Crippen LogP contribution in [0, 0.1) is 0 Å². The Balaban J connectivity index is 1.62. The number of alkyl halides is 3. The highest BCUT2D eigenvalue weighted by molar-refractivity contribution is 7.89. The summed E-state index contributed by atoms with van der Waals surface area (Å²) in [5.74, 6) is -0.718. The van der Waals surface area contributed by atoms with E-state index in [1.54, 1.807) is 13.8 Å². The quantitative estimate of drug-likeness (QED) is 0.640. The average Bonchev–Trinajstić information content (AvgIpc) is 2.83. The molecule has 0 saturated carbocycles. The van der Waals surface area contributed by atoms with Crippen molar-refractivity contribution in [2.75, 3.05) is 49.6 Å². The first-order valence-electron chi connectivity index (χ1n) is 11.6. The predicted octanol–water partition coefficient (Wildman–Crippen LogP) is 3.59. The maximum Gasteiger partial charge on any atom is 0.416 e. The molecule has 12 heteroatoms. The van der Waals surface area contributed by atoms with E-state index in [0.29, 0.717) is 32.0 Å². The number of amides is 1. The molecule has 4 rings (SSSR count). The van der Waals surface area contributed by atoms with Crippen molar-refractivity contribution in [2.45, 2.75) is 37.1 Å². The van der Waals surface area contributed by atoms with Gasteiger partial charge in [0.05, 0.1) is 47.3 Å². The summed E-state index contributed by atoms with van der Waals surface area (Å²) in [4.78, 5) is 14.9. The number of ether oxygens (including phenoxy) is 2. The number of hydrogen-bond donors (Lipinski definition) is 1. The van der Waals surface area contributed by atoms with Crippen LogP contribution in [0.4, 0.5) is 24.5 Å². The lowest BCUT2D eigenvalue weighted by Gasteiger charge is -2.34. The Morgan fingerprint density at radius 2 is 1.69 bits per heavy atom. The zero-order valence-electron chi connectivity index (χ0n) is 19.9. The summed E-state index contributed by atoms with van der Waals surface area (Å²) in [5, 5.41) is 2.56. The topological polar surface area (TPSA) is 88.2 Å². The van der Waals surface area contributed by atoms with Crippen molar-refractivity contribution in [2.24, 2.45) is 0 Å². The van der Waals surface area contributed by atoms with Crippen LogP contribution in [-0.4, -0.2) is 70.2 Å². The number of carbonyl (C=O) groups excluding carboxylic acids is 1. The minimum absolute atomic E-state index is 0.00997. The van der Waals surface area contributed by atoms with Crippen LogP contribution in [-0.2, 0) is 25.7 Å². The molecule has 2 atom stereocenters. The first kappa shape index (κ1) is 26.4. The Kier molecular flexibility index (Phi) is 7.60. The van der Waals surface area contributed by atoms with Gasteiger partial charge in [-0.15, -0.1) is 0 Å². The second-order valence-electron chi connectivity index (χ2n) is 8.89. The standard InChI is InChI=1S/C24H28F3N3O5S/c1-16-14-30(15-17(2)35-16)36(32,33)20-5-3-4-18(12-20)23(31)28-21-13-19(24(25,26)27)6-7-22(21)29-8-10-34-11-9-29/h3-7,12-13,16-17H,8-11,14-15H2,1-2H3,(H,28,31). The third-order valence-electron chi connectivity index (χ3n) is 6.04. The molecule has 2 aliphatic rings. The third-order valence-corrected chi connectivity index (χ3v) is 7.87. The van der Waals surface area contributed by atoms with E-state index in [4.69, 9.17) is 9.47 Å². The van der Waals surface area contributed by atoms with Crippen LogP contribution < -0.4 is 10.2 Å². The molecule has 0 aromatic heterocycles. The molecule has 2 fully saturated rings. The highest BCUT2D eigenvalue weighted by Crippen LogP contribution is 2.36. The Morgan fingerprint density at radius 3 is 2.33 bits per heavy atom. The molecule has 196 valence electrons. The van der Waals surface area contributed by atoms with Gasteiger partial charge in [-0.1, -0.05) is 6.07 Å². The maximum absolute atomic E-state index is 13.4. The molecule has 8 nitrogen and oxygen atoms in total. The normalized spacial score (nSPS) is 21.9. The molecule has 2 aromatic rings. The van der Waals surface area contributed by atoms with Gasteiger partial charge >= 0.3 is 6.18 Å². The summed E-state index contributed by atoms with van der Waals surface area (Å²) in [7, 11) is -3.91. The van der Waals surface area contributed by atoms with Crippen LogP contribution in [0.5, 0.6) is 0 Å². The summed E-state index contributed by atoms with van der Waals surface area (Å²) in [6.45, 7) is 5.65. The van der Waals surface area contributed by atoms with Crippen molar-refractivity contribution in [3.63, 3.8) is 0 Å². The molecular formula is C24H28F3N3O5S. The molecule has 0 radical (unpaired) electrons. The Morgan fingerprint density at radius 1 is 1.03 bits per heavy atom. The van der Waals surface area contributed by atoms with E-state index in [1.807, 2.05) is 4.90 Å². The minimum atomic E-state index is -4.59. The molecule has 0 bridgehead atoms. The highest BCUT2D eigenvalue weighted by Gasteiger charge is 2.33. The van der Waals surface area contributed by atoms with Gasteiger partial charge in [0.1, 0.15) is 0 Å². The number of halogens is 3. The lowest BCUT2D eigenvalue weighted by molar-refractivity contribution is -0.137. The van der Waals surface area contributed by atoms with Gasteiger partial charge in [0.2, 0.25) is 10.0 Å². The van der Waals surface area contributed by atoms with Gasteiger partial charge in [-0.2, -0.15) is 17.5 Å². The molecule has 36 heavy (non-hydrogen) atoms. The fraction of sp³-hybridized carbons (Fsp3) is 0.458. The summed E-state index contributed by atoms with van der Waals surface area (Å²) in [6.07, 6.45) is -5.16. The first-order chi connectivity index (χ1) is 16.9. The molecule has 2 heterocycles. The number of morpholine rings is 2. The molecular weight excluding hydrogens is 499 g/mol. The number of benzene rings is 2. The van der Waals surface area contributed by atoms with Crippen molar-refractivity contribution in [3.05, 3.63) is 53.6 Å². The fourth-order valence-corrected chi connectivity index (χ4v) is 6.00. The predicted molar refractivity (Wildman–Crippen MR) is 128 cm³/mol. The molecule has 2 aromatic carbocycles. The van der Waals surface area contributed by atoms with Gasteiger partial charge in [0, 0.05) is 31.7 Å². The summed E-state index contributed by atoms with van der Waals surface area (Å²) >= 11 is 0. The molecule has 2 aliphatic heterocycles. The molecule has 2 unspecified atom stereocenters. The zero-order chi connectivity index (χ0) is 26.1. The largest absolute Gasteiger partial charge is 0.416 e. The number of sulfonamides is 1. The van der Waals surface area contributed by atoms with Crippen LogP contribution in [0.3, 0.4) is 0 Å². The molecule has 1 N–H and O–H groups in total. The second kappa shape index (κ2) is 10.4.